The highest BCUT2D eigenvalue weighted by Crippen LogP contribution is 2.20. The molecule has 1 atom stereocenters. The Morgan fingerprint density at radius 1 is 1.63 bits per heavy atom. The summed E-state index contributed by atoms with van der Waals surface area (Å²) < 4.78 is 0. The topological polar surface area (TPSA) is 56.7 Å². The lowest BCUT2D eigenvalue weighted by Gasteiger charge is -2.21. The molecule has 1 amide bonds. The lowest BCUT2D eigenvalue weighted by atomic mass is 10.2. The van der Waals surface area contributed by atoms with Gasteiger partial charge in [-0.1, -0.05) is 0 Å². The lowest BCUT2D eigenvalue weighted by molar-refractivity contribution is -0.127. The van der Waals surface area contributed by atoms with Crippen molar-refractivity contribution in [2.24, 2.45) is 0 Å². The van der Waals surface area contributed by atoms with Crippen molar-refractivity contribution in [3.05, 3.63) is 16.1 Å². The quantitative estimate of drug-likeness (QED) is 0.865. The van der Waals surface area contributed by atoms with Gasteiger partial charge in [0.15, 0.2) is 0 Å². The van der Waals surface area contributed by atoms with Crippen LogP contribution < -0.4 is 0 Å². The van der Waals surface area contributed by atoms with E-state index in [2.05, 4.69) is 9.88 Å². The number of carbonyl (C=O) groups excluding carboxylic acids is 1. The number of nitrogens with zero attached hydrogens (tertiary/aromatic N) is 3. The molecule has 106 valence electrons. The minimum atomic E-state index is 0.0790. The molecule has 1 aromatic heterocycles. The van der Waals surface area contributed by atoms with E-state index in [4.69, 9.17) is 0 Å². The number of aliphatic hydroxyl groups is 1. The maximum atomic E-state index is 11.6. The second-order valence-electron chi connectivity index (χ2n) is 5.15. The van der Waals surface area contributed by atoms with Gasteiger partial charge in [-0.15, -0.1) is 11.3 Å². The average Bonchev–Trinajstić information content (AvgIpc) is 2.99. The predicted molar refractivity (Wildman–Crippen MR) is 75.0 cm³/mol. The highest BCUT2D eigenvalue weighted by molar-refractivity contribution is 7.09. The molecule has 0 unspecified atom stereocenters. The molecule has 19 heavy (non-hydrogen) atoms. The smallest absolute Gasteiger partial charge is 0.228 e. The first kappa shape index (κ1) is 14.4. The molecular formula is C13H21N3O2S. The van der Waals surface area contributed by atoms with Crippen LogP contribution >= 0.6 is 11.3 Å². The van der Waals surface area contributed by atoms with Crippen LogP contribution in [0.3, 0.4) is 0 Å². The van der Waals surface area contributed by atoms with Crippen molar-refractivity contribution in [1.29, 1.82) is 0 Å². The zero-order chi connectivity index (χ0) is 13.8. The van der Waals surface area contributed by atoms with Gasteiger partial charge in [0.05, 0.1) is 18.7 Å². The third-order valence-corrected chi connectivity index (χ3v) is 4.37. The van der Waals surface area contributed by atoms with E-state index >= 15 is 0 Å². The first-order valence-electron chi connectivity index (χ1n) is 6.58. The van der Waals surface area contributed by atoms with Crippen LogP contribution in [0.2, 0.25) is 0 Å². The number of aromatic nitrogens is 1. The number of carbonyl (C=O) groups is 1. The Morgan fingerprint density at radius 3 is 3.11 bits per heavy atom. The Labute approximate surface area is 117 Å². The zero-order valence-corrected chi connectivity index (χ0v) is 12.3. The second-order valence-corrected chi connectivity index (χ2v) is 6.09. The van der Waals surface area contributed by atoms with Gasteiger partial charge in [-0.05, 0) is 19.4 Å². The molecule has 2 heterocycles. The Hall–Kier alpha value is -0.980. The highest BCUT2D eigenvalue weighted by Gasteiger charge is 2.24. The molecule has 1 N–H and O–H groups in total. The van der Waals surface area contributed by atoms with Crippen LogP contribution in [-0.4, -0.2) is 59.1 Å². The van der Waals surface area contributed by atoms with Crippen LogP contribution in [0.1, 0.15) is 23.5 Å². The summed E-state index contributed by atoms with van der Waals surface area (Å²) in [7, 11) is 3.51. The van der Waals surface area contributed by atoms with Crippen LogP contribution in [0.15, 0.2) is 5.38 Å². The molecule has 0 aliphatic carbocycles. The second kappa shape index (κ2) is 6.45. The van der Waals surface area contributed by atoms with Gasteiger partial charge < -0.3 is 10.0 Å². The monoisotopic (exact) mass is 283 g/mol. The van der Waals surface area contributed by atoms with Gasteiger partial charge in [-0.2, -0.15) is 0 Å². The van der Waals surface area contributed by atoms with Gasteiger partial charge in [-0.25, -0.2) is 4.98 Å². The molecule has 1 aliphatic heterocycles. The molecule has 1 aliphatic rings. The van der Waals surface area contributed by atoms with E-state index in [1.54, 1.807) is 19.0 Å². The standard InChI is InChI=1S/C13H21N3O2S/c1-15(2)13(18)6-12-14-10(9-19-12)7-16-5-3-4-11(16)8-17/h9,11,17H,3-8H2,1-2H3/t11-/m1/s1. The van der Waals surface area contributed by atoms with Gasteiger partial charge in [0.25, 0.3) is 0 Å². The molecule has 0 saturated carbocycles. The van der Waals surface area contributed by atoms with E-state index in [1.165, 1.54) is 11.3 Å². The maximum absolute atomic E-state index is 11.6. The molecular weight excluding hydrogens is 262 g/mol. The van der Waals surface area contributed by atoms with E-state index in [0.29, 0.717) is 6.42 Å². The summed E-state index contributed by atoms with van der Waals surface area (Å²) in [6.07, 6.45) is 2.58. The van der Waals surface area contributed by atoms with Crippen molar-refractivity contribution in [3.63, 3.8) is 0 Å². The Morgan fingerprint density at radius 2 is 2.42 bits per heavy atom. The number of hydrogen-bond donors (Lipinski definition) is 1. The largest absolute Gasteiger partial charge is 0.395 e. The van der Waals surface area contributed by atoms with Crippen LogP contribution in [0.4, 0.5) is 0 Å². The van der Waals surface area contributed by atoms with Crippen molar-refractivity contribution in [1.82, 2.24) is 14.8 Å². The Balaban J connectivity index is 1.92. The molecule has 2 rings (SSSR count). The summed E-state index contributed by atoms with van der Waals surface area (Å²) >= 11 is 1.54. The van der Waals surface area contributed by atoms with Crippen molar-refractivity contribution in [2.45, 2.75) is 31.8 Å². The molecule has 0 spiro atoms. The molecule has 6 heteroatoms. The summed E-state index contributed by atoms with van der Waals surface area (Å²) in [5.41, 5.74) is 1.01. The molecule has 1 aromatic rings. The Bertz CT molecular complexity index is 433. The predicted octanol–water partition coefficient (Wildman–Crippen LogP) is 0.730. The number of hydrogen-bond acceptors (Lipinski definition) is 5. The van der Waals surface area contributed by atoms with Crippen molar-refractivity contribution < 1.29 is 9.90 Å². The molecule has 1 saturated heterocycles. The average molecular weight is 283 g/mol. The first-order chi connectivity index (χ1) is 9.10. The Kier molecular flexibility index (Phi) is 4.90. The summed E-state index contributed by atoms with van der Waals surface area (Å²) in [5.74, 6) is 0.0790. The van der Waals surface area contributed by atoms with E-state index < -0.39 is 0 Å². The van der Waals surface area contributed by atoms with Crippen LogP contribution in [0.25, 0.3) is 0 Å². The first-order valence-corrected chi connectivity index (χ1v) is 7.46. The van der Waals surface area contributed by atoms with E-state index in [0.717, 1.165) is 36.6 Å². The number of likely N-dealkylation sites (N-methyl/N-ethyl adjacent to an activating group) is 1. The summed E-state index contributed by atoms with van der Waals surface area (Å²) in [6, 6.07) is 0.272. The third-order valence-electron chi connectivity index (χ3n) is 3.48. The van der Waals surface area contributed by atoms with Gasteiger partial charge in [0.1, 0.15) is 5.01 Å². The SMILES string of the molecule is CN(C)C(=O)Cc1nc(CN2CCC[C@@H]2CO)cs1. The fourth-order valence-electron chi connectivity index (χ4n) is 2.31. The number of thiazole rings is 1. The third kappa shape index (κ3) is 3.75. The number of aliphatic hydroxyl groups excluding tert-OH is 1. The van der Waals surface area contributed by atoms with Crippen molar-refractivity contribution in [2.75, 3.05) is 27.2 Å². The molecule has 0 aromatic carbocycles. The molecule has 1 fully saturated rings. The van der Waals surface area contributed by atoms with Gasteiger partial charge in [0, 0.05) is 32.1 Å². The van der Waals surface area contributed by atoms with Crippen molar-refractivity contribution >= 4 is 17.2 Å². The fraction of sp³-hybridized carbons (Fsp3) is 0.692. The number of likely N-dealkylation sites (tertiary alicyclic amines) is 1. The van der Waals surface area contributed by atoms with Crippen molar-refractivity contribution in [3.8, 4) is 0 Å². The summed E-state index contributed by atoms with van der Waals surface area (Å²) in [5, 5.41) is 12.2. The highest BCUT2D eigenvalue weighted by atomic mass is 32.1. The van der Waals surface area contributed by atoms with Crippen LogP contribution in [0, 0.1) is 0 Å². The summed E-state index contributed by atoms with van der Waals surface area (Å²) in [6.45, 7) is 2.02. The lowest BCUT2D eigenvalue weighted by Crippen LogP contribution is -2.31. The number of rotatable bonds is 5. The molecule has 0 bridgehead atoms. The van der Waals surface area contributed by atoms with E-state index in [9.17, 15) is 9.90 Å². The van der Waals surface area contributed by atoms with E-state index in [-0.39, 0.29) is 18.6 Å². The zero-order valence-electron chi connectivity index (χ0n) is 11.5. The normalized spacial score (nSPS) is 19.8. The number of amides is 1. The van der Waals surface area contributed by atoms with Gasteiger partial charge in [-0.3, -0.25) is 9.69 Å². The maximum Gasteiger partial charge on any atom is 0.228 e. The fourth-order valence-corrected chi connectivity index (χ4v) is 3.08. The van der Waals surface area contributed by atoms with Gasteiger partial charge >= 0.3 is 0 Å². The minimum Gasteiger partial charge on any atom is -0.395 e. The minimum absolute atomic E-state index is 0.0790. The van der Waals surface area contributed by atoms with E-state index in [1.807, 2.05) is 5.38 Å². The van der Waals surface area contributed by atoms with Gasteiger partial charge in [0.2, 0.25) is 5.91 Å². The molecule has 5 nitrogen and oxygen atoms in total. The van der Waals surface area contributed by atoms with Crippen LogP contribution in [0.5, 0.6) is 0 Å². The molecule has 0 radical (unpaired) electrons. The summed E-state index contributed by atoms with van der Waals surface area (Å²) in [4.78, 5) is 20.0. The van der Waals surface area contributed by atoms with Crippen LogP contribution in [-0.2, 0) is 17.8 Å².